The smallest absolute Gasteiger partial charge is 0.256 e. The zero-order valence-electron chi connectivity index (χ0n) is 17.9. The molecule has 0 radical (unpaired) electrons. The number of aromatic nitrogens is 4. The minimum absolute atomic E-state index is 0.212. The molecule has 4 N–H and O–H groups in total. The van der Waals surface area contributed by atoms with Gasteiger partial charge in [0.05, 0.1) is 16.9 Å². The number of anilines is 2. The second-order valence-corrected chi connectivity index (χ2v) is 8.09. The molecule has 4 aromatic rings. The van der Waals surface area contributed by atoms with Crippen LogP contribution in [0.2, 0.25) is 0 Å². The summed E-state index contributed by atoms with van der Waals surface area (Å²) in [6, 6.07) is 13.0. The number of aryl methyl sites for hydroxylation is 1. The third-order valence-electron chi connectivity index (χ3n) is 5.88. The number of hydrogen-bond donors (Lipinski definition) is 3. The van der Waals surface area contributed by atoms with Gasteiger partial charge in [0.25, 0.3) is 5.91 Å². The number of fused-ring (bicyclic) bond motifs is 1. The van der Waals surface area contributed by atoms with Crippen LogP contribution in [0.4, 0.5) is 11.6 Å². The number of pyridine rings is 2. The quantitative estimate of drug-likeness (QED) is 0.459. The highest BCUT2D eigenvalue weighted by molar-refractivity contribution is 6.05. The number of rotatable bonds is 4. The first-order valence-electron chi connectivity index (χ1n) is 10.8. The number of piperidine rings is 1. The highest BCUT2D eigenvalue weighted by Gasteiger charge is 2.24. The van der Waals surface area contributed by atoms with E-state index in [1.54, 1.807) is 36.7 Å². The summed E-state index contributed by atoms with van der Waals surface area (Å²) in [5.41, 5.74) is 10.6. The maximum Gasteiger partial charge on any atom is 0.256 e. The van der Waals surface area contributed by atoms with Crippen LogP contribution in [-0.2, 0) is 0 Å². The molecule has 1 aliphatic rings. The highest BCUT2D eigenvalue weighted by atomic mass is 16.1. The highest BCUT2D eigenvalue weighted by Crippen LogP contribution is 2.35. The fourth-order valence-electron chi connectivity index (χ4n) is 4.26. The Hall–Kier alpha value is -3.78. The molecule has 1 atom stereocenters. The predicted molar refractivity (Wildman–Crippen MR) is 125 cm³/mol. The van der Waals surface area contributed by atoms with Crippen molar-refractivity contribution in [3.8, 4) is 11.3 Å². The number of nitrogens with two attached hydrogens (primary N) is 1. The van der Waals surface area contributed by atoms with Gasteiger partial charge in [0.2, 0.25) is 0 Å². The molecule has 1 saturated heterocycles. The van der Waals surface area contributed by atoms with Gasteiger partial charge in [-0.05, 0) is 56.1 Å². The summed E-state index contributed by atoms with van der Waals surface area (Å²) in [6.07, 6.45) is 5.63. The van der Waals surface area contributed by atoms with Gasteiger partial charge in [-0.15, -0.1) is 0 Å². The summed E-state index contributed by atoms with van der Waals surface area (Å²) in [4.78, 5) is 21.1. The molecule has 1 amide bonds. The summed E-state index contributed by atoms with van der Waals surface area (Å²) >= 11 is 0. The van der Waals surface area contributed by atoms with Crippen LogP contribution in [-0.4, -0.2) is 38.7 Å². The Morgan fingerprint density at radius 2 is 2.03 bits per heavy atom. The minimum atomic E-state index is -0.212. The molecule has 1 fully saturated rings. The van der Waals surface area contributed by atoms with E-state index in [1.807, 2.05) is 25.1 Å². The van der Waals surface area contributed by atoms with E-state index >= 15 is 0 Å². The molecule has 1 aromatic carbocycles. The van der Waals surface area contributed by atoms with Crippen LogP contribution in [0.3, 0.4) is 0 Å². The summed E-state index contributed by atoms with van der Waals surface area (Å²) in [5, 5.41) is 12.1. The Bertz CT molecular complexity index is 1260. The summed E-state index contributed by atoms with van der Waals surface area (Å²) in [6.45, 7) is 3.95. The lowest BCUT2D eigenvalue weighted by Crippen LogP contribution is -2.32. The Kier molecular flexibility index (Phi) is 5.28. The third-order valence-corrected chi connectivity index (χ3v) is 5.88. The van der Waals surface area contributed by atoms with Crippen molar-refractivity contribution in [3.63, 3.8) is 0 Å². The first-order chi connectivity index (χ1) is 15.6. The van der Waals surface area contributed by atoms with Gasteiger partial charge >= 0.3 is 0 Å². The molecule has 162 valence electrons. The standard InChI is InChI=1S/C24H25N7O/c1-15-13-28-23(25)20-21(30-31(22(15)20)18-5-4-11-26-14-18)16-7-9-17(10-8-16)24(32)29-19-6-2-3-12-27-19/h2-3,6-10,12-13,18,26H,4-5,11,14H2,1H3,(H2,25,28)(H,27,29,32)/t18-/m1/s1. The van der Waals surface area contributed by atoms with Crippen molar-refractivity contribution in [1.29, 1.82) is 0 Å². The van der Waals surface area contributed by atoms with Crippen molar-refractivity contribution in [2.45, 2.75) is 25.8 Å². The molecule has 8 nitrogen and oxygen atoms in total. The normalized spacial score (nSPS) is 16.2. The summed E-state index contributed by atoms with van der Waals surface area (Å²) < 4.78 is 2.10. The Morgan fingerprint density at radius 1 is 1.19 bits per heavy atom. The van der Waals surface area contributed by atoms with E-state index < -0.39 is 0 Å². The molecule has 0 saturated carbocycles. The Morgan fingerprint density at radius 3 is 2.75 bits per heavy atom. The van der Waals surface area contributed by atoms with Crippen LogP contribution in [0.15, 0.2) is 54.9 Å². The van der Waals surface area contributed by atoms with Gasteiger partial charge in [0.1, 0.15) is 17.3 Å². The second-order valence-electron chi connectivity index (χ2n) is 8.09. The van der Waals surface area contributed by atoms with Gasteiger partial charge in [0.15, 0.2) is 0 Å². The van der Waals surface area contributed by atoms with E-state index in [0.717, 1.165) is 53.7 Å². The largest absolute Gasteiger partial charge is 0.383 e. The molecule has 0 unspecified atom stereocenters. The first-order valence-corrected chi connectivity index (χ1v) is 10.8. The number of nitrogens with zero attached hydrogens (tertiary/aromatic N) is 4. The van der Waals surface area contributed by atoms with Gasteiger partial charge in [-0.1, -0.05) is 18.2 Å². The van der Waals surface area contributed by atoms with Crippen LogP contribution in [0.1, 0.15) is 34.8 Å². The first kappa shape index (κ1) is 20.1. The summed E-state index contributed by atoms with van der Waals surface area (Å²) in [7, 11) is 0. The molecular weight excluding hydrogens is 402 g/mol. The number of nitrogens with one attached hydrogen (secondary N) is 2. The monoisotopic (exact) mass is 427 g/mol. The maximum absolute atomic E-state index is 12.6. The van der Waals surface area contributed by atoms with E-state index in [1.165, 1.54) is 0 Å². The van der Waals surface area contributed by atoms with E-state index in [9.17, 15) is 4.79 Å². The lowest BCUT2D eigenvalue weighted by molar-refractivity contribution is 0.102. The average Bonchev–Trinajstić information content (AvgIpc) is 3.25. The zero-order valence-corrected chi connectivity index (χ0v) is 17.9. The fraction of sp³-hybridized carbons (Fsp3) is 0.250. The van der Waals surface area contributed by atoms with E-state index in [2.05, 4.69) is 25.3 Å². The van der Waals surface area contributed by atoms with Crippen molar-refractivity contribution < 1.29 is 4.79 Å². The van der Waals surface area contributed by atoms with Crippen molar-refractivity contribution in [2.24, 2.45) is 0 Å². The van der Waals surface area contributed by atoms with Crippen LogP contribution in [0.5, 0.6) is 0 Å². The van der Waals surface area contributed by atoms with Crippen molar-refractivity contribution in [1.82, 2.24) is 25.1 Å². The number of benzene rings is 1. The molecule has 5 rings (SSSR count). The number of carbonyl (C=O) groups is 1. The van der Waals surface area contributed by atoms with E-state index in [4.69, 9.17) is 10.8 Å². The molecule has 0 aliphatic carbocycles. The molecule has 4 heterocycles. The third kappa shape index (κ3) is 3.69. The lowest BCUT2D eigenvalue weighted by atomic mass is 10.0. The van der Waals surface area contributed by atoms with Crippen molar-refractivity contribution in [2.75, 3.05) is 24.1 Å². The fourth-order valence-corrected chi connectivity index (χ4v) is 4.26. The van der Waals surface area contributed by atoms with Gasteiger partial charge in [0, 0.05) is 30.1 Å². The molecular formula is C24H25N7O. The average molecular weight is 428 g/mol. The molecule has 0 spiro atoms. The molecule has 0 bridgehead atoms. The van der Waals surface area contributed by atoms with E-state index in [0.29, 0.717) is 17.2 Å². The number of nitrogen functional groups attached to an aromatic ring is 1. The van der Waals surface area contributed by atoms with Crippen LogP contribution < -0.4 is 16.4 Å². The Balaban J connectivity index is 1.52. The predicted octanol–water partition coefficient (Wildman–Crippen LogP) is 3.56. The van der Waals surface area contributed by atoms with Gasteiger partial charge in [-0.25, -0.2) is 9.97 Å². The molecule has 1 aliphatic heterocycles. The lowest BCUT2D eigenvalue weighted by Gasteiger charge is -2.24. The van der Waals surface area contributed by atoms with Crippen molar-refractivity contribution in [3.05, 3.63) is 66.0 Å². The molecule has 3 aromatic heterocycles. The Labute approximate surface area is 185 Å². The number of carbonyl (C=O) groups excluding carboxylic acids is 1. The number of hydrogen-bond acceptors (Lipinski definition) is 6. The summed E-state index contributed by atoms with van der Waals surface area (Å²) in [5.74, 6) is 0.769. The maximum atomic E-state index is 12.6. The molecule has 32 heavy (non-hydrogen) atoms. The van der Waals surface area contributed by atoms with Crippen molar-refractivity contribution >= 4 is 28.4 Å². The van der Waals surface area contributed by atoms with Gasteiger partial charge in [-0.3, -0.25) is 9.48 Å². The van der Waals surface area contributed by atoms with Crippen LogP contribution in [0, 0.1) is 6.92 Å². The van der Waals surface area contributed by atoms with E-state index in [-0.39, 0.29) is 11.9 Å². The second kappa shape index (κ2) is 8.39. The van der Waals surface area contributed by atoms with Crippen LogP contribution in [0.25, 0.3) is 22.2 Å². The molecule has 8 heteroatoms. The topological polar surface area (TPSA) is 111 Å². The van der Waals surface area contributed by atoms with Gasteiger partial charge in [-0.2, -0.15) is 5.10 Å². The number of amides is 1. The zero-order chi connectivity index (χ0) is 22.1. The van der Waals surface area contributed by atoms with Crippen LogP contribution >= 0.6 is 0 Å². The SMILES string of the molecule is Cc1cnc(N)c2c(-c3ccc(C(=O)Nc4ccccn4)cc3)nn([C@@H]3CCCNC3)c12. The minimum Gasteiger partial charge on any atom is -0.383 e. The van der Waals surface area contributed by atoms with Gasteiger partial charge < -0.3 is 16.4 Å².